The fraction of sp³-hybridized carbons (Fsp3) is 0.333. The number of nitrogens with two attached hydrogens (primary N) is 1. The van der Waals surface area contributed by atoms with Crippen LogP contribution in [0.3, 0.4) is 0 Å². The molecule has 0 saturated heterocycles. The first kappa shape index (κ1) is 15.1. The topological polar surface area (TPSA) is 119 Å². The van der Waals surface area contributed by atoms with Crippen LogP contribution in [0.4, 0.5) is 11.5 Å². The number of aromatic amines is 1. The van der Waals surface area contributed by atoms with E-state index >= 15 is 0 Å². The third-order valence-corrected chi connectivity index (χ3v) is 3.73. The smallest absolute Gasteiger partial charge is 0.253 e. The first-order chi connectivity index (χ1) is 9.86. The van der Waals surface area contributed by atoms with E-state index in [9.17, 15) is 9.59 Å². The number of hydrogen-bond donors (Lipinski definition) is 3. The summed E-state index contributed by atoms with van der Waals surface area (Å²) in [6, 6.07) is 1.19. The number of carbonyl (C=O) groups is 1. The molecule has 8 nitrogen and oxygen atoms in total. The zero-order chi connectivity index (χ0) is 15.6. The number of rotatable bonds is 4. The molecule has 0 radical (unpaired) electrons. The standard InChI is InChI=1S/C12H16N6O2S/c1-6-11(7(2)18(3)17-6)15-10(20)5-21-12-14-8(13)4-9(19)16-12/h4H,5H2,1-3H3,(H,15,20)(H3,13,14,16,19). The molecule has 0 aliphatic carbocycles. The van der Waals surface area contributed by atoms with Gasteiger partial charge < -0.3 is 16.0 Å². The van der Waals surface area contributed by atoms with Gasteiger partial charge in [0.1, 0.15) is 5.82 Å². The number of thioether (sulfide) groups is 1. The summed E-state index contributed by atoms with van der Waals surface area (Å²) in [5.74, 6) is 0.0325. The predicted molar refractivity (Wildman–Crippen MR) is 81.3 cm³/mol. The van der Waals surface area contributed by atoms with Gasteiger partial charge in [-0.25, -0.2) is 4.98 Å². The van der Waals surface area contributed by atoms with Crippen LogP contribution in [-0.2, 0) is 11.8 Å². The highest BCUT2D eigenvalue weighted by Gasteiger charge is 2.13. The van der Waals surface area contributed by atoms with Crippen molar-refractivity contribution in [3.8, 4) is 0 Å². The summed E-state index contributed by atoms with van der Waals surface area (Å²) in [5.41, 5.74) is 7.47. The molecule has 2 rings (SSSR count). The Morgan fingerprint density at radius 2 is 2.24 bits per heavy atom. The number of hydrogen-bond acceptors (Lipinski definition) is 6. The van der Waals surface area contributed by atoms with Gasteiger partial charge in [-0.3, -0.25) is 14.3 Å². The zero-order valence-corrected chi connectivity index (χ0v) is 12.7. The highest BCUT2D eigenvalue weighted by Crippen LogP contribution is 2.19. The van der Waals surface area contributed by atoms with Gasteiger partial charge in [0.05, 0.1) is 22.8 Å². The Bertz CT molecular complexity index is 736. The van der Waals surface area contributed by atoms with E-state index in [4.69, 9.17) is 5.73 Å². The van der Waals surface area contributed by atoms with Crippen LogP contribution < -0.4 is 16.6 Å². The Balaban J connectivity index is 2.00. The number of nitrogens with zero attached hydrogens (tertiary/aromatic N) is 3. The molecule has 112 valence electrons. The molecule has 0 aliphatic heterocycles. The predicted octanol–water partition coefficient (Wildman–Crippen LogP) is 0.433. The lowest BCUT2D eigenvalue weighted by molar-refractivity contribution is -0.113. The number of anilines is 2. The van der Waals surface area contributed by atoms with Crippen molar-refractivity contribution in [2.75, 3.05) is 16.8 Å². The summed E-state index contributed by atoms with van der Waals surface area (Å²) in [4.78, 5) is 29.6. The minimum Gasteiger partial charge on any atom is -0.383 e. The Kier molecular flexibility index (Phi) is 4.32. The van der Waals surface area contributed by atoms with Crippen molar-refractivity contribution >= 4 is 29.2 Å². The molecule has 0 aliphatic rings. The zero-order valence-electron chi connectivity index (χ0n) is 11.9. The fourth-order valence-electron chi connectivity index (χ4n) is 1.79. The first-order valence-electron chi connectivity index (χ1n) is 6.16. The van der Waals surface area contributed by atoms with E-state index in [0.717, 1.165) is 23.1 Å². The SMILES string of the molecule is Cc1nn(C)c(C)c1NC(=O)CSc1nc(N)cc(=O)[nH]1. The van der Waals surface area contributed by atoms with E-state index < -0.39 is 0 Å². The van der Waals surface area contributed by atoms with Crippen LogP contribution in [0.2, 0.25) is 0 Å². The lowest BCUT2D eigenvalue weighted by Gasteiger charge is -2.05. The van der Waals surface area contributed by atoms with E-state index in [2.05, 4.69) is 20.4 Å². The van der Waals surface area contributed by atoms with Crippen LogP contribution in [-0.4, -0.2) is 31.4 Å². The van der Waals surface area contributed by atoms with Crippen LogP contribution >= 0.6 is 11.8 Å². The van der Waals surface area contributed by atoms with Crippen LogP contribution in [0.15, 0.2) is 16.0 Å². The maximum atomic E-state index is 11.9. The molecule has 0 aromatic carbocycles. The van der Waals surface area contributed by atoms with Crippen molar-refractivity contribution in [3.63, 3.8) is 0 Å². The van der Waals surface area contributed by atoms with Crippen LogP contribution in [0, 0.1) is 13.8 Å². The molecule has 0 spiro atoms. The highest BCUT2D eigenvalue weighted by molar-refractivity contribution is 7.99. The number of H-pyrrole nitrogens is 1. The number of nitrogen functional groups attached to an aromatic ring is 1. The van der Waals surface area contributed by atoms with Crippen molar-refractivity contribution in [2.24, 2.45) is 7.05 Å². The minimum absolute atomic E-state index is 0.111. The summed E-state index contributed by atoms with van der Waals surface area (Å²) in [5, 5.41) is 7.34. The van der Waals surface area contributed by atoms with Gasteiger partial charge in [0.25, 0.3) is 5.56 Å². The highest BCUT2D eigenvalue weighted by atomic mass is 32.2. The number of amides is 1. The molecule has 0 bridgehead atoms. The first-order valence-corrected chi connectivity index (χ1v) is 7.15. The average molecular weight is 308 g/mol. The van der Waals surface area contributed by atoms with Crippen molar-refractivity contribution in [1.82, 2.24) is 19.7 Å². The summed E-state index contributed by atoms with van der Waals surface area (Å²) in [6.07, 6.45) is 0. The Morgan fingerprint density at radius 1 is 1.52 bits per heavy atom. The Morgan fingerprint density at radius 3 is 2.81 bits per heavy atom. The molecule has 1 amide bonds. The monoisotopic (exact) mass is 308 g/mol. The van der Waals surface area contributed by atoms with E-state index in [0.29, 0.717) is 10.8 Å². The van der Waals surface area contributed by atoms with Crippen molar-refractivity contribution in [2.45, 2.75) is 19.0 Å². The molecule has 4 N–H and O–H groups in total. The second-order valence-corrected chi connectivity index (χ2v) is 5.45. The molecule has 2 heterocycles. The van der Waals surface area contributed by atoms with Crippen molar-refractivity contribution in [1.29, 1.82) is 0 Å². The van der Waals surface area contributed by atoms with Gasteiger partial charge in [0.15, 0.2) is 5.16 Å². The van der Waals surface area contributed by atoms with Gasteiger partial charge in [0.2, 0.25) is 5.91 Å². The van der Waals surface area contributed by atoms with Crippen LogP contribution in [0.5, 0.6) is 0 Å². The second-order valence-electron chi connectivity index (χ2n) is 4.48. The van der Waals surface area contributed by atoms with Gasteiger partial charge in [-0.2, -0.15) is 5.10 Å². The summed E-state index contributed by atoms with van der Waals surface area (Å²) in [6.45, 7) is 3.70. The molecular weight excluding hydrogens is 292 g/mol. The molecule has 2 aromatic heterocycles. The Labute approximate surface area is 125 Å². The van der Waals surface area contributed by atoms with Gasteiger partial charge in [0, 0.05) is 13.1 Å². The van der Waals surface area contributed by atoms with Crippen molar-refractivity contribution in [3.05, 3.63) is 27.8 Å². The van der Waals surface area contributed by atoms with E-state index in [1.165, 1.54) is 6.07 Å². The average Bonchev–Trinajstić information content (AvgIpc) is 2.62. The van der Waals surface area contributed by atoms with E-state index in [-0.39, 0.29) is 23.0 Å². The minimum atomic E-state index is -0.343. The lowest BCUT2D eigenvalue weighted by atomic mass is 10.3. The maximum absolute atomic E-state index is 11.9. The van der Waals surface area contributed by atoms with Gasteiger partial charge in [-0.15, -0.1) is 0 Å². The molecule has 9 heteroatoms. The molecule has 0 unspecified atom stereocenters. The number of nitrogens with one attached hydrogen (secondary N) is 2. The number of carbonyl (C=O) groups excluding carboxylic acids is 1. The molecular formula is C12H16N6O2S. The van der Waals surface area contributed by atoms with Crippen LogP contribution in [0.25, 0.3) is 0 Å². The molecule has 0 fully saturated rings. The molecule has 0 atom stereocenters. The molecule has 21 heavy (non-hydrogen) atoms. The van der Waals surface area contributed by atoms with Crippen molar-refractivity contribution < 1.29 is 4.79 Å². The maximum Gasteiger partial charge on any atom is 0.253 e. The van der Waals surface area contributed by atoms with E-state index in [1.54, 1.807) is 4.68 Å². The molecule has 0 saturated carbocycles. The van der Waals surface area contributed by atoms with Gasteiger partial charge in [-0.1, -0.05) is 11.8 Å². The fourth-order valence-corrected chi connectivity index (χ4v) is 2.47. The Hall–Kier alpha value is -2.29. The third kappa shape index (κ3) is 3.63. The van der Waals surface area contributed by atoms with Gasteiger partial charge in [-0.05, 0) is 13.8 Å². The number of aryl methyl sites for hydroxylation is 2. The summed E-state index contributed by atoms with van der Waals surface area (Å²) in [7, 11) is 1.81. The second kappa shape index (κ2) is 6.00. The normalized spacial score (nSPS) is 10.6. The third-order valence-electron chi connectivity index (χ3n) is 2.85. The quantitative estimate of drug-likeness (QED) is 0.557. The van der Waals surface area contributed by atoms with E-state index in [1.807, 2.05) is 20.9 Å². The van der Waals surface area contributed by atoms with Crippen LogP contribution in [0.1, 0.15) is 11.4 Å². The lowest BCUT2D eigenvalue weighted by Crippen LogP contribution is -2.16. The molecule has 2 aromatic rings. The van der Waals surface area contributed by atoms with Gasteiger partial charge >= 0.3 is 0 Å². The summed E-state index contributed by atoms with van der Waals surface area (Å²) >= 11 is 1.11. The summed E-state index contributed by atoms with van der Waals surface area (Å²) < 4.78 is 1.70. The number of aromatic nitrogens is 4. The largest absolute Gasteiger partial charge is 0.383 e.